The highest BCUT2D eigenvalue weighted by atomic mass is 19.1. The van der Waals surface area contributed by atoms with Gasteiger partial charge in [0.25, 0.3) is 0 Å². The van der Waals surface area contributed by atoms with Crippen LogP contribution in [0.5, 0.6) is 0 Å². The normalized spacial score (nSPS) is 14.2. The van der Waals surface area contributed by atoms with Gasteiger partial charge in [-0.2, -0.15) is 4.39 Å². The lowest BCUT2D eigenvalue weighted by Crippen LogP contribution is -2.33. The zero-order valence-electron chi connectivity index (χ0n) is 10.4. The Balaban J connectivity index is 2.64. The largest absolute Gasteiger partial charge is 0.396 e. The standard InChI is InChI=1S/C12H17FN2O3/c1-8(7-16)9(2)14-6-10-3-4-12(15(17)18)11(13)5-10/h3-5,8-9,14,16H,6-7H2,1-2H3. The van der Waals surface area contributed by atoms with Gasteiger partial charge < -0.3 is 10.4 Å². The summed E-state index contributed by atoms with van der Waals surface area (Å²) >= 11 is 0. The van der Waals surface area contributed by atoms with Gasteiger partial charge >= 0.3 is 5.69 Å². The number of hydrogen-bond donors (Lipinski definition) is 2. The van der Waals surface area contributed by atoms with E-state index in [-0.39, 0.29) is 18.6 Å². The molecule has 100 valence electrons. The minimum absolute atomic E-state index is 0.0722. The van der Waals surface area contributed by atoms with Gasteiger partial charge in [0.05, 0.1) is 4.92 Å². The van der Waals surface area contributed by atoms with Crippen molar-refractivity contribution in [2.24, 2.45) is 5.92 Å². The van der Waals surface area contributed by atoms with Crippen molar-refractivity contribution in [2.75, 3.05) is 6.61 Å². The molecule has 18 heavy (non-hydrogen) atoms. The summed E-state index contributed by atoms with van der Waals surface area (Å²) in [6.07, 6.45) is 0. The monoisotopic (exact) mass is 256 g/mol. The van der Waals surface area contributed by atoms with Gasteiger partial charge in [-0.3, -0.25) is 10.1 Å². The molecule has 1 aromatic rings. The number of hydrogen-bond acceptors (Lipinski definition) is 4. The summed E-state index contributed by atoms with van der Waals surface area (Å²) in [4.78, 5) is 9.70. The number of nitro groups is 1. The summed E-state index contributed by atoms with van der Waals surface area (Å²) in [6, 6.07) is 3.91. The lowest BCUT2D eigenvalue weighted by atomic mass is 10.0. The second kappa shape index (κ2) is 6.42. The Kier molecular flexibility index (Phi) is 5.18. The molecule has 0 spiro atoms. The number of benzene rings is 1. The van der Waals surface area contributed by atoms with E-state index < -0.39 is 16.4 Å². The molecule has 1 aromatic carbocycles. The predicted molar refractivity (Wildman–Crippen MR) is 65.6 cm³/mol. The van der Waals surface area contributed by atoms with E-state index in [9.17, 15) is 14.5 Å². The molecule has 2 unspecified atom stereocenters. The van der Waals surface area contributed by atoms with Gasteiger partial charge in [-0.05, 0) is 24.5 Å². The Morgan fingerprint density at radius 2 is 2.17 bits per heavy atom. The molecule has 0 amide bonds. The first-order valence-electron chi connectivity index (χ1n) is 5.72. The molecule has 2 atom stereocenters. The highest BCUT2D eigenvalue weighted by Gasteiger charge is 2.14. The van der Waals surface area contributed by atoms with Crippen LogP contribution < -0.4 is 5.32 Å². The Bertz CT molecular complexity index is 426. The Labute approximate surface area is 105 Å². The van der Waals surface area contributed by atoms with Crippen LogP contribution in [0.25, 0.3) is 0 Å². The highest BCUT2D eigenvalue weighted by Crippen LogP contribution is 2.18. The maximum absolute atomic E-state index is 13.3. The van der Waals surface area contributed by atoms with Gasteiger partial charge in [-0.25, -0.2) is 0 Å². The van der Waals surface area contributed by atoms with E-state index in [1.807, 2.05) is 13.8 Å². The second-order valence-corrected chi connectivity index (χ2v) is 4.37. The Morgan fingerprint density at radius 3 is 2.67 bits per heavy atom. The minimum atomic E-state index is -0.831. The number of aliphatic hydroxyl groups excluding tert-OH is 1. The first-order valence-corrected chi connectivity index (χ1v) is 5.72. The van der Waals surface area contributed by atoms with Gasteiger partial charge in [-0.1, -0.05) is 13.0 Å². The van der Waals surface area contributed by atoms with Crippen molar-refractivity contribution in [1.82, 2.24) is 5.32 Å². The van der Waals surface area contributed by atoms with Crippen molar-refractivity contribution < 1.29 is 14.4 Å². The summed E-state index contributed by atoms with van der Waals surface area (Å²) in [6.45, 7) is 4.29. The summed E-state index contributed by atoms with van der Waals surface area (Å²) in [7, 11) is 0. The molecule has 5 nitrogen and oxygen atoms in total. The molecule has 0 saturated heterocycles. The van der Waals surface area contributed by atoms with Crippen molar-refractivity contribution in [2.45, 2.75) is 26.4 Å². The first-order chi connectivity index (χ1) is 8.45. The molecule has 0 saturated carbocycles. The molecule has 0 bridgehead atoms. The van der Waals surface area contributed by atoms with Crippen LogP contribution in [0.1, 0.15) is 19.4 Å². The fraction of sp³-hybridized carbons (Fsp3) is 0.500. The zero-order valence-corrected chi connectivity index (χ0v) is 10.4. The van der Waals surface area contributed by atoms with Gasteiger partial charge in [0.1, 0.15) is 0 Å². The van der Waals surface area contributed by atoms with Gasteiger partial charge in [0.15, 0.2) is 0 Å². The number of nitro benzene ring substituents is 1. The van der Waals surface area contributed by atoms with E-state index in [1.54, 1.807) is 0 Å². The minimum Gasteiger partial charge on any atom is -0.396 e. The van der Waals surface area contributed by atoms with Crippen LogP contribution >= 0.6 is 0 Å². The van der Waals surface area contributed by atoms with Crippen molar-refractivity contribution in [1.29, 1.82) is 0 Å². The topological polar surface area (TPSA) is 75.4 Å². The lowest BCUT2D eigenvalue weighted by Gasteiger charge is -2.19. The molecule has 0 radical (unpaired) electrons. The van der Waals surface area contributed by atoms with Crippen LogP contribution in [0.3, 0.4) is 0 Å². The molecule has 0 fully saturated rings. The third kappa shape index (κ3) is 3.75. The van der Waals surface area contributed by atoms with E-state index in [2.05, 4.69) is 5.32 Å². The first kappa shape index (κ1) is 14.5. The molecule has 1 rings (SSSR count). The molecule has 0 aliphatic heterocycles. The highest BCUT2D eigenvalue weighted by molar-refractivity contribution is 5.34. The van der Waals surface area contributed by atoms with Crippen molar-refractivity contribution >= 4 is 5.69 Å². The van der Waals surface area contributed by atoms with Crippen LogP contribution in [0.2, 0.25) is 0 Å². The number of rotatable bonds is 6. The van der Waals surface area contributed by atoms with E-state index in [0.717, 1.165) is 12.1 Å². The average Bonchev–Trinajstić information content (AvgIpc) is 2.34. The van der Waals surface area contributed by atoms with Crippen LogP contribution in [-0.2, 0) is 6.54 Å². The SMILES string of the molecule is CC(CO)C(C)NCc1ccc([N+](=O)[O-])c(F)c1. The zero-order chi connectivity index (χ0) is 13.7. The van der Waals surface area contributed by atoms with Gasteiger partial charge in [0, 0.05) is 25.3 Å². The van der Waals surface area contributed by atoms with E-state index in [0.29, 0.717) is 12.1 Å². The quantitative estimate of drug-likeness (QED) is 0.601. The maximum atomic E-state index is 13.3. The van der Waals surface area contributed by atoms with Crippen LogP contribution in [0.15, 0.2) is 18.2 Å². The van der Waals surface area contributed by atoms with Crippen LogP contribution in [-0.4, -0.2) is 22.7 Å². The van der Waals surface area contributed by atoms with Crippen molar-refractivity contribution in [3.05, 3.63) is 39.7 Å². The molecule has 0 aromatic heterocycles. The average molecular weight is 256 g/mol. The smallest absolute Gasteiger partial charge is 0.304 e. The third-order valence-electron chi connectivity index (χ3n) is 2.98. The lowest BCUT2D eigenvalue weighted by molar-refractivity contribution is -0.387. The van der Waals surface area contributed by atoms with E-state index in [1.165, 1.54) is 6.07 Å². The third-order valence-corrected chi connectivity index (χ3v) is 2.98. The molecule has 2 N–H and O–H groups in total. The van der Waals surface area contributed by atoms with Gasteiger partial charge in [0.2, 0.25) is 5.82 Å². The summed E-state index contributed by atoms with van der Waals surface area (Å²) in [5.74, 6) is -0.741. The maximum Gasteiger partial charge on any atom is 0.304 e. The number of nitrogens with zero attached hydrogens (tertiary/aromatic N) is 1. The molecule has 0 heterocycles. The number of halogens is 1. The number of nitrogens with one attached hydrogen (secondary N) is 1. The second-order valence-electron chi connectivity index (χ2n) is 4.37. The predicted octanol–water partition coefficient (Wildman–Crippen LogP) is 1.84. The summed E-state index contributed by atoms with van der Waals surface area (Å²) in [5.41, 5.74) is 0.116. The van der Waals surface area contributed by atoms with E-state index in [4.69, 9.17) is 5.11 Å². The van der Waals surface area contributed by atoms with E-state index >= 15 is 0 Å². The Hall–Kier alpha value is -1.53. The van der Waals surface area contributed by atoms with Crippen LogP contribution in [0.4, 0.5) is 10.1 Å². The molecular formula is C12H17FN2O3. The summed E-state index contributed by atoms with van der Waals surface area (Å²) < 4.78 is 13.3. The number of aliphatic hydroxyl groups is 1. The molecule has 0 aliphatic rings. The summed E-state index contributed by atoms with van der Waals surface area (Å²) in [5, 5.41) is 22.5. The molecule has 0 aliphatic carbocycles. The fourth-order valence-electron chi connectivity index (χ4n) is 1.45. The fourth-order valence-corrected chi connectivity index (χ4v) is 1.45. The molecule has 6 heteroatoms. The van der Waals surface area contributed by atoms with Crippen molar-refractivity contribution in [3.63, 3.8) is 0 Å². The van der Waals surface area contributed by atoms with Crippen LogP contribution in [0, 0.1) is 21.8 Å². The molecular weight excluding hydrogens is 239 g/mol. The van der Waals surface area contributed by atoms with Crippen molar-refractivity contribution in [3.8, 4) is 0 Å². The Morgan fingerprint density at radius 1 is 1.50 bits per heavy atom. The van der Waals surface area contributed by atoms with Gasteiger partial charge in [-0.15, -0.1) is 0 Å².